The standard InChI is InChI=1S/C17H15ClN2O3/c18-13-3-1-2-11(8-13)9-16(21)20-14-6-4-12(5-7-14)15-10-19-17(22)23-15/h1-8,15H,9-10H2,(H,19,22)(H,20,21). The topological polar surface area (TPSA) is 67.4 Å². The first-order chi connectivity index (χ1) is 11.1. The van der Waals surface area contributed by atoms with E-state index in [0.29, 0.717) is 17.3 Å². The second-order valence-corrected chi connectivity index (χ2v) is 5.69. The molecule has 0 aliphatic carbocycles. The van der Waals surface area contributed by atoms with Crippen molar-refractivity contribution in [2.75, 3.05) is 11.9 Å². The highest BCUT2D eigenvalue weighted by molar-refractivity contribution is 6.30. The van der Waals surface area contributed by atoms with Crippen LogP contribution in [0.4, 0.5) is 10.5 Å². The molecule has 1 heterocycles. The van der Waals surface area contributed by atoms with Gasteiger partial charge >= 0.3 is 6.09 Å². The average Bonchev–Trinajstić information content (AvgIpc) is 2.94. The minimum atomic E-state index is -0.408. The summed E-state index contributed by atoms with van der Waals surface area (Å²) in [5.74, 6) is -0.117. The van der Waals surface area contributed by atoms with E-state index in [4.69, 9.17) is 16.3 Å². The van der Waals surface area contributed by atoms with Crippen molar-refractivity contribution >= 4 is 29.3 Å². The van der Waals surface area contributed by atoms with E-state index < -0.39 is 6.09 Å². The number of halogens is 1. The van der Waals surface area contributed by atoms with E-state index >= 15 is 0 Å². The molecule has 6 heteroatoms. The molecule has 2 aromatic rings. The van der Waals surface area contributed by atoms with Gasteiger partial charge in [0.2, 0.25) is 5.91 Å². The van der Waals surface area contributed by atoms with Gasteiger partial charge in [0.25, 0.3) is 0 Å². The third-order valence-electron chi connectivity index (χ3n) is 3.50. The summed E-state index contributed by atoms with van der Waals surface area (Å²) < 4.78 is 5.11. The molecule has 3 rings (SSSR count). The number of cyclic esters (lactones) is 1. The number of benzene rings is 2. The number of carbonyl (C=O) groups is 2. The van der Waals surface area contributed by atoms with Gasteiger partial charge in [0, 0.05) is 10.7 Å². The van der Waals surface area contributed by atoms with Crippen molar-refractivity contribution in [2.45, 2.75) is 12.5 Å². The molecule has 118 valence electrons. The highest BCUT2D eigenvalue weighted by Gasteiger charge is 2.23. The fraction of sp³-hybridized carbons (Fsp3) is 0.176. The molecule has 2 aromatic carbocycles. The number of nitrogens with one attached hydrogen (secondary N) is 2. The SMILES string of the molecule is O=C(Cc1cccc(Cl)c1)Nc1ccc(C2CNC(=O)O2)cc1. The molecule has 0 aromatic heterocycles. The van der Waals surface area contributed by atoms with Crippen LogP contribution in [0.15, 0.2) is 48.5 Å². The van der Waals surface area contributed by atoms with E-state index in [2.05, 4.69) is 10.6 Å². The zero-order valence-electron chi connectivity index (χ0n) is 12.2. The first-order valence-electron chi connectivity index (χ1n) is 7.19. The molecule has 0 radical (unpaired) electrons. The minimum absolute atomic E-state index is 0.117. The minimum Gasteiger partial charge on any atom is -0.439 e. The quantitative estimate of drug-likeness (QED) is 0.903. The van der Waals surface area contributed by atoms with Gasteiger partial charge in [-0.05, 0) is 35.4 Å². The molecule has 2 N–H and O–H groups in total. The lowest BCUT2D eigenvalue weighted by Gasteiger charge is -2.10. The Kier molecular flexibility index (Phi) is 4.48. The molecule has 1 unspecified atom stereocenters. The highest BCUT2D eigenvalue weighted by Crippen LogP contribution is 2.22. The number of amides is 2. The van der Waals surface area contributed by atoms with Crippen LogP contribution in [0, 0.1) is 0 Å². The molecule has 0 spiro atoms. The van der Waals surface area contributed by atoms with Crippen LogP contribution in [0.3, 0.4) is 0 Å². The van der Waals surface area contributed by atoms with Crippen molar-refractivity contribution in [3.05, 3.63) is 64.7 Å². The molecule has 1 aliphatic rings. The number of rotatable bonds is 4. The lowest BCUT2D eigenvalue weighted by Crippen LogP contribution is -2.14. The van der Waals surface area contributed by atoms with Gasteiger partial charge in [-0.1, -0.05) is 35.9 Å². The number of hydrogen-bond donors (Lipinski definition) is 2. The van der Waals surface area contributed by atoms with Gasteiger partial charge in [0.05, 0.1) is 13.0 Å². The predicted molar refractivity (Wildman–Crippen MR) is 87.5 cm³/mol. The van der Waals surface area contributed by atoms with Crippen LogP contribution in [0.5, 0.6) is 0 Å². The molecular weight excluding hydrogens is 316 g/mol. The molecule has 1 aliphatic heterocycles. The van der Waals surface area contributed by atoms with Gasteiger partial charge in [-0.2, -0.15) is 0 Å². The van der Waals surface area contributed by atoms with Crippen molar-refractivity contribution < 1.29 is 14.3 Å². The molecular formula is C17H15ClN2O3. The third-order valence-corrected chi connectivity index (χ3v) is 3.74. The van der Waals surface area contributed by atoms with E-state index in [9.17, 15) is 9.59 Å². The van der Waals surface area contributed by atoms with Gasteiger partial charge in [-0.3, -0.25) is 4.79 Å². The maximum absolute atomic E-state index is 12.0. The van der Waals surface area contributed by atoms with Crippen molar-refractivity contribution in [1.29, 1.82) is 0 Å². The van der Waals surface area contributed by atoms with E-state index in [-0.39, 0.29) is 18.4 Å². The Morgan fingerprint density at radius 1 is 1.26 bits per heavy atom. The van der Waals surface area contributed by atoms with Crippen LogP contribution in [0.1, 0.15) is 17.2 Å². The van der Waals surface area contributed by atoms with Crippen LogP contribution in [0.25, 0.3) is 0 Å². The van der Waals surface area contributed by atoms with Gasteiger partial charge in [0.1, 0.15) is 6.10 Å². The van der Waals surface area contributed by atoms with Crippen molar-refractivity contribution in [3.8, 4) is 0 Å². The predicted octanol–water partition coefficient (Wildman–Crippen LogP) is 3.30. The van der Waals surface area contributed by atoms with Crippen LogP contribution >= 0.6 is 11.6 Å². The van der Waals surface area contributed by atoms with Crippen LogP contribution < -0.4 is 10.6 Å². The molecule has 0 bridgehead atoms. The molecule has 1 saturated heterocycles. The molecule has 0 saturated carbocycles. The van der Waals surface area contributed by atoms with Gasteiger partial charge in [-0.25, -0.2) is 4.79 Å². The summed E-state index contributed by atoms with van der Waals surface area (Å²) in [5.41, 5.74) is 2.44. The molecule has 1 atom stereocenters. The molecule has 23 heavy (non-hydrogen) atoms. The summed E-state index contributed by atoms with van der Waals surface area (Å²) in [4.78, 5) is 23.1. The fourth-order valence-electron chi connectivity index (χ4n) is 2.39. The van der Waals surface area contributed by atoms with E-state index in [1.807, 2.05) is 24.3 Å². The summed E-state index contributed by atoms with van der Waals surface area (Å²) in [5, 5.41) is 6.05. The van der Waals surface area contributed by atoms with Crippen molar-refractivity contribution in [2.24, 2.45) is 0 Å². The summed E-state index contributed by atoms with van der Waals surface area (Å²) in [7, 11) is 0. The molecule has 5 nitrogen and oxygen atoms in total. The van der Waals surface area contributed by atoms with Gasteiger partial charge in [0.15, 0.2) is 0 Å². The Hall–Kier alpha value is -2.53. The second-order valence-electron chi connectivity index (χ2n) is 5.25. The number of ether oxygens (including phenoxy) is 1. The second kappa shape index (κ2) is 6.71. The summed E-state index contributed by atoms with van der Waals surface area (Å²) in [6, 6.07) is 14.5. The molecule has 2 amide bonds. The highest BCUT2D eigenvalue weighted by atomic mass is 35.5. The zero-order valence-corrected chi connectivity index (χ0v) is 13.0. The van der Waals surface area contributed by atoms with Crippen molar-refractivity contribution in [1.82, 2.24) is 5.32 Å². The van der Waals surface area contributed by atoms with Crippen molar-refractivity contribution in [3.63, 3.8) is 0 Å². The molecule has 1 fully saturated rings. The normalized spacial score (nSPS) is 16.6. The average molecular weight is 331 g/mol. The first kappa shape index (κ1) is 15.4. The first-order valence-corrected chi connectivity index (χ1v) is 7.57. The van der Waals surface area contributed by atoms with Crippen LogP contribution in [-0.4, -0.2) is 18.5 Å². The number of carbonyl (C=O) groups excluding carboxylic acids is 2. The number of hydrogen-bond acceptors (Lipinski definition) is 3. The van der Waals surface area contributed by atoms with E-state index in [0.717, 1.165) is 11.1 Å². The fourth-order valence-corrected chi connectivity index (χ4v) is 2.61. The van der Waals surface area contributed by atoms with Crippen LogP contribution in [-0.2, 0) is 16.0 Å². The number of alkyl carbamates (subject to hydrolysis) is 1. The monoisotopic (exact) mass is 330 g/mol. The van der Waals surface area contributed by atoms with Crippen LogP contribution in [0.2, 0.25) is 5.02 Å². The Morgan fingerprint density at radius 3 is 2.70 bits per heavy atom. The Balaban J connectivity index is 1.59. The van der Waals surface area contributed by atoms with Gasteiger partial charge in [-0.15, -0.1) is 0 Å². The van der Waals surface area contributed by atoms with Gasteiger partial charge < -0.3 is 15.4 Å². The smallest absolute Gasteiger partial charge is 0.407 e. The summed E-state index contributed by atoms with van der Waals surface area (Å²) in [6.45, 7) is 0.458. The Bertz CT molecular complexity index is 731. The maximum atomic E-state index is 12.0. The number of anilines is 1. The Labute approximate surface area is 138 Å². The zero-order chi connectivity index (χ0) is 16.2. The third kappa shape index (κ3) is 4.02. The largest absolute Gasteiger partial charge is 0.439 e. The summed E-state index contributed by atoms with van der Waals surface area (Å²) in [6.07, 6.45) is -0.431. The van der Waals surface area contributed by atoms with E-state index in [1.165, 1.54) is 0 Å². The lowest BCUT2D eigenvalue weighted by atomic mass is 10.1. The maximum Gasteiger partial charge on any atom is 0.407 e. The summed E-state index contributed by atoms with van der Waals surface area (Å²) >= 11 is 5.91. The van der Waals surface area contributed by atoms with E-state index in [1.54, 1.807) is 24.3 Å². The lowest BCUT2D eigenvalue weighted by molar-refractivity contribution is -0.115. The Morgan fingerprint density at radius 2 is 2.04 bits per heavy atom.